The van der Waals surface area contributed by atoms with Crippen molar-refractivity contribution in [1.82, 2.24) is 4.98 Å². The largest absolute Gasteiger partial charge is 0.493 e. The molecule has 26 heavy (non-hydrogen) atoms. The third-order valence-corrected chi connectivity index (χ3v) is 5.55. The topological polar surface area (TPSA) is 60.5 Å². The molecule has 0 atom stereocenters. The Bertz CT molecular complexity index is 956. The molecule has 0 saturated carbocycles. The van der Waals surface area contributed by atoms with Crippen LogP contribution in [0, 0.1) is 6.92 Å². The summed E-state index contributed by atoms with van der Waals surface area (Å²) in [6.45, 7) is 1.97. The van der Waals surface area contributed by atoms with E-state index in [2.05, 4.69) is 26.2 Å². The Kier molecular flexibility index (Phi) is 5.58. The Morgan fingerprint density at radius 2 is 2.00 bits per heavy atom. The number of halogens is 1. The van der Waals surface area contributed by atoms with Crippen molar-refractivity contribution in [3.8, 4) is 22.1 Å². The molecule has 3 rings (SSSR count). The van der Waals surface area contributed by atoms with Gasteiger partial charge in [0.05, 0.1) is 19.8 Å². The predicted octanol–water partition coefficient (Wildman–Crippen LogP) is 5.15. The van der Waals surface area contributed by atoms with Gasteiger partial charge in [0.2, 0.25) is 0 Å². The van der Waals surface area contributed by atoms with Gasteiger partial charge >= 0.3 is 0 Å². The highest BCUT2D eigenvalue weighted by Crippen LogP contribution is 2.39. The molecule has 0 bridgehead atoms. The lowest BCUT2D eigenvalue weighted by atomic mass is 10.2. The molecule has 3 aromatic rings. The Hall–Kier alpha value is -2.38. The van der Waals surface area contributed by atoms with Crippen LogP contribution in [0.1, 0.15) is 16.1 Å². The molecule has 134 valence electrons. The third kappa shape index (κ3) is 3.73. The number of anilines is 1. The number of rotatable bonds is 5. The van der Waals surface area contributed by atoms with Crippen LogP contribution in [0.2, 0.25) is 0 Å². The van der Waals surface area contributed by atoms with Gasteiger partial charge in [-0.1, -0.05) is 22.0 Å². The van der Waals surface area contributed by atoms with Crippen molar-refractivity contribution < 1.29 is 14.3 Å². The van der Waals surface area contributed by atoms with E-state index in [-0.39, 0.29) is 5.91 Å². The highest BCUT2D eigenvalue weighted by Gasteiger charge is 2.17. The number of aromatic nitrogens is 1. The summed E-state index contributed by atoms with van der Waals surface area (Å²) < 4.78 is 11.8. The summed E-state index contributed by atoms with van der Waals surface area (Å²) in [4.78, 5) is 17.0. The average Bonchev–Trinajstić information content (AvgIpc) is 3.14. The molecule has 0 radical (unpaired) electrons. The van der Waals surface area contributed by atoms with E-state index in [0.717, 1.165) is 21.3 Å². The van der Waals surface area contributed by atoms with Crippen molar-refractivity contribution >= 4 is 38.9 Å². The van der Waals surface area contributed by atoms with E-state index in [9.17, 15) is 4.79 Å². The number of carbonyl (C=O) groups is 1. The van der Waals surface area contributed by atoms with E-state index in [1.165, 1.54) is 11.3 Å². The lowest BCUT2D eigenvalue weighted by molar-refractivity contribution is 0.102. The number of carbonyl (C=O) groups excluding carboxylic acids is 1. The molecule has 0 aliphatic heterocycles. The zero-order chi connectivity index (χ0) is 18.7. The van der Waals surface area contributed by atoms with Gasteiger partial charge in [-0.15, -0.1) is 11.3 Å². The van der Waals surface area contributed by atoms with Crippen molar-refractivity contribution in [2.24, 2.45) is 0 Å². The van der Waals surface area contributed by atoms with Crippen molar-refractivity contribution in [1.29, 1.82) is 0 Å². The predicted molar refractivity (Wildman–Crippen MR) is 107 cm³/mol. The molecule has 0 aliphatic rings. The van der Waals surface area contributed by atoms with Crippen molar-refractivity contribution in [2.45, 2.75) is 6.92 Å². The summed E-state index contributed by atoms with van der Waals surface area (Å²) in [5.74, 6) is 0.965. The van der Waals surface area contributed by atoms with Gasteiger partial charge in [-0.25, -0.2) is 4.98 Å². The monoisotopic (exact) mass is 432 g/mol. The number of thiazole rings is 1. The summed E-state index contributed by atoms with van der Waals surface area (Å²) in [6.07, 6.45) is 0. The Balaban J connectivity index is 1.86. The van der Waals surface area contributed by atoms with Crippen LogP contribution in [0.4, 0.5) is 5.69 Å². The minimum Gasteiger partial charge on any atom is -0.493 e. The molecule has 0 spiro atoms. The van der Waals surface area contributed by atoms with Crippen LogP contribution in [-0.2, 0) is 0 Å². The Morgan fingerprint density at radius 3 is 2.69 bits per heavy atom. The number of hydrogen-bond donors (Lipinski definition) is 1. The molecular weight excluding hydrogens is 416 g/mol. The van der Waals surface area contributed by atoms with Crippen LogP contribution in [0.25, 0.3) is 10.6 Å². The zero-order valence-electron chi connectivity index (χ0n) is 14.5. The molecule has 0 saturated heterocycles. The molecule has 1 heterocycles. The first-order valence-corrected chi connectivity index (χ1v) is 9.45. The number of nitrogens with one attached hydrogen (secondary N) is 1. The highest BCUT2D eigenvalue weighted by atomic mass is 79.9. The van der Waals surface area contributed by atoms with Crippen LogP contribution in [0.5, 0.6) is 11.5 Å². The number of methoxy groups -OCH3 is 2. The van der Waals surface area contributed by atoms with E-state index >= 15 is 0 Å². The smallest absolute Gasteiger partial charge is 0.275 e. The van der Waals surface area contributed by atoms with Crippen LogP contribution in [-0.4, -0.2) is 25.1 Å². The Morgan fingerprint density at radius 1 is 1.19 bits per heavy atom. The zero-order valence-corrected chi connectivity index (χ0v) is 16.9. The summed E-state index contributed by atoms with van der Waals surface area (Å²) in [5, 5.41) is 5.29. The number of hydrogen-bond acceptors (Lipinski definition) is 5. The number of para-hydroxylation sites is 1. The van der Waals surface area contributed by atoms with Crippen molar-refractivity contribution in [2.75, 3.05) is 19.5 Å². The van der Waals surface area contributed by atoms with Gasteiger partial charge in [0.25, 0.3) is 5.91 Å². The van der Waals surface area contributed by atoms with Crippen molar-refractivity contribution in [3.63, 3.8) is 0 Å². The van der Waals surface area contributed by atoms with Gasteiger partial charge in [-0.2, -0.15) is 0 Å². The molecule has 0 unspecified atom stereocenters. The van der Waals surface area contributed by atoms with E-state index in [0.29, 0.717) is 22.2 Å². The van der Waals surface area contributed by atoms with Crippen LogP contribution < -0.4 is 14.8 Å². The fourth-order valence-corrected chi connectivity index (χ4v) is 3.54. The average molecular weight is 433 g/mol. The minimum atomic E-state index is -0.254. The first-order valence-electron chi connectivity index (χ1n) is 7.78. The molecule has 7 heteroatoms. The van der Waals surface area contributed by atoms with E-state index < -0.39 is 0 Å². The highest BCUT2D eigenvalue weighted by molar-refractivity contribution is 9.10. The molecule has 0 aliphatic carbocycles. The number of benzene rings is 2. The number of aryl methyl sites for hydroxylation is 1. The molecule has 1 aromatic heterocycles. The second-order valence-electron chi connectivity index (χ2n) is 5.50. The molecule has 2 aromatic carbocycles. The second-order valence-corrected chi connectivity index (χ2v) is 7.21. The molecule has 5 nitrogen and oxygen atoms in total. The third-order valence-electron chi connectivity index (χ3n) is 3.79. The summed E-state index contributed by atoms with van der Waals surface area (Å²) in [6, 6.07) is 11.2. The second kappa shape index (κ2) is 7.88. The van der Waals surface area contributed by atoms with Gasteiger partial charge in [0, 0.05) is 15.5 Å². The van der Waals surface area contributed by atoms with E-state index in [1.54, 1.807) is 19.6 Å². The van der Waals surface area contributed by atoms with Crippen molar-refractivity contribution in [3.05, 3.63) is 57.5 Å². The van der Waals surface area contributed by atoms with E-state index in [1.807, 2.05) is 43.3 Å². The summed E-state index contributed by atoms with van der Waals surface area (Å²) >= 11 is 4.83. The first-order chi connectivity index (χ1) is 12.5. The van der Waals surface area contributed by atoms with Gasteiger partial charge in [0.1, 0.15) is 10.7 Å². The van der Waals surface area contributed by atoms with E-state index in [4.69, 9.17) is 9.47 Å². The van der Waals surface area contributed by atoms with Crippen LogP contribution in [0.15, 0.2) is 46.3 Å². The lowest BCUT2D eigenvalue weighted by Crippen LogP contribution is -2.12. The standard InChI is InChI=1S/C19H17BrN2O3S/c1-11-9-12(7-8-14(11)20)21-18(23)15-10-26-19(22-15)13-5-4-6-16(24-2)17(13)25-3/h4-10H,1-3H3,(H,21,23). The SMILES string of the molecule is COc1cccc(-c2nc(C(=O)Nc3ccc(Br)c(C)c3)cs2)c1OC. The van der Waals surface area contributed by atoms with Crippen LogP contribution in [0.3, 0.4) is 0 Å². The quantitative estimate of drug-likeness (QED) is 0.605. The van der Waals surface area contributed by atoms with Crippen LogP contribution >= 0.6 is 27.3 Å². The number of ether oxygens (including phenoxy) is 2. The molecule has 1 N–H and O–H groups in total. The van der Waals surface area contributed by atoms with Gasteiger partial charge in [-0.05, 0) is 42.8 Å². The fraction of sp³-hybridized carbons (Fsp3) is 0.158. The van der Waals surface area contributed by atoms with Gasteiger partial charge in [0.15, 0.2) is 11.5 Å². The Labute approximate surface area is 164 Å². The lowest BCUT2D eigenvalue weighted by Gasteiger charge is -2.10. The maximum atomic E-state index is 12.5. The van der Waals surface area contributed by atoms with Gasteiger partial charge < -0.3 is 14.8 Å². The maximum Gasteiger partial charge on any atom is 0.275 e. The summed E-state index contributed by atoms with van der Waals surface area (Å²) in [5.41, 5.74) is 2.91. The van der Waals surface area contributed by atoms with Gasteiger partial charge in [-0.3, -0.25) is 4.79 Å². The minimum absolute atomic E-state index is 0.254. The summed E-state index contributed by atoms with van der Waals surface area (Å²) in [7, 11) is 3.17. The first kappa shape index (κ1) is 18.4. The number of nitrogens with zero attached hydrogens (tertiary/aromatic N) is 1. The fourth-order valence-electron chi connectivity index (χ4n) is 2.47. The number of amides is 1. The molecular formula is C19H17BrN2O3S. The molecule has 1 amide bonds. The maximum absolute atomic E-state index is 12.5. The normalized spacial score (nSPS) is 10.5. The molecule has 0 fully saturated rings.